The molecule has 1 amide bonds. The van der Waals surface area contributed by atoms with Gasteiger partial charge in [0.05, 0.1) is 19.0 Å². The summed E-state index contributed by atoms with van der Waals surface area (Å²) in [5.74, 6) is 0.800. The number of aromatic nitrogens is 2. The molecule has 0 unspecified atom stereocenters. The van der Waals surface area contributed by atoms with Gasteiger partial charge in [-0.05, 0) is 36.0 Å². The van der Waals surface area contributed by atoms with E-state index in [4.69, 9.17) is 9.72 Å². The van der Waals surface area contributed by atoms with Gasteiger partial charge >= 0.3 is 5.97 Å². The topological polar surface area (TPSA) is 95.5 Å². The molecule has 31 heavy (non-hydrogen) atoms. The lowest BCUT2D eigenvalue weighted by molar-refractivity contribution is -0.139. The van der Waals surface area contributed by atoms with E-state index in [1.807, 2.05) is 53.4 Å². The molecule has 3 aromatic rings. The Bertz CT molecular complexity index is 1060. The number of methoxy groups -OCH3 is 1. The van der Waals surface area contributed by atoms with E-state index < -0.39 is 5.97 Å². The molecule has 4 rings (SSSR count). The maximum atomic E-state index is 12.9. The molecule has 2 N–H and O–H groups in total. The molecule has 162 valence electrons. The third kappa shape index (κ3) is 4.87. The van der Waals surface area contributed by atoms with E-state index in [9.17, 15) is 14.7 Å². The highest BCUT2D eigenvalue weighted by atomic mass is 16.5. The van der Waals surface area contributed by atoms with E-state index in [0.717, 1.165) is 22.4 Å². The molecule has 7 heteroatoms. The SMILES string of the molecule is COc1cccc2[nH]c(C[C@H]3CN(C(=O)Cc4ccccc4)CC[C@H]3CC(=O)O)nc12. The number of imidazole rings is 1. The second kappa shape index (κ2) is 9.20. The van der Waals surface area contributed by atoms with Crippen LogP contribution in [0.4, 0.5) is 0 Å². The minimum absolute atomic E-state index is 0.00776. The third-order valence-electron chi connectivity index (χ3n) is 6.08. The first-order chi connectivity index (χ1) is 15.0. The highest BCUT2D eigenvalue weighted by Crippen LogP contribution is 2.31. The van der Waals surface area contributed by atoms with Crippen molar-refractivity contribution in [3.63, 3.8) is 0 Å². The van der Waals surface area contributed by atoms with Crippen molar-refractivity contribution in [3.8, 4) is 5.75 Å². The number of H-pyrrole nitrogens is 1. The number of hydrogen-bond donors (Lipinski definition) is 2. The Morgan fingerprint density at radius 2 is 1.97 bits per heavy atom. The van der Waals surface area contributed by atoms with Gasteiger partial charge < -0.3 is 19.7 Å². The van der Waals surface area contributed by atoms with Crippen LogP contribution >= 0.6 is 0 Å². The molecule has 0 spiro atoms. The first-order valence-electron chi connectivity index (χ1n) is 10.6. The van der Waals surface area contributed by atoms with Crippen molar-refractivity contribution < 1.29 is 19.4 Å². The molecule has 1 aliphatic heterocycles. The number of amides is 1. The second-order valence-electron chi connectivity index (χ2n) is 8.15. The normalized spacial score (nSPS) is 18.8. The number of nitrogens with zero attached hydrogens (tertiary/aromatic N) is 2. The molecule has 0 bridgehead atoms. The number of piperidine rings is 1. The largest absolute Gasteiger partial charge is 0.494 e. The van der Waals surface area contributed by atoms with Crippen LogP contribution in [0, 0.1) is 11.8 Å². The van der Waals surface area contributed by atoms with E-state index >= 15 is 0 Å². The van der Waals surface area contributed by atoms with Gasteiger partial charge in [0.1, 0.15) is 17.1 Å². The summed E-state index contributed by atoms with van der Waals surface area (Å²) in [5.41, 5.74) is 2.64. The van der Waals surface area contributed by atoms with Crippen LogP contribution in [0.5, 0.6) is 5.75 Å². The Labute approximate surface area is 181 Å². The predicted octanol–water partition coefficient (Wildman–Crippen LogP) is 3.30. The molecule has 2 aromatic carbocycles. The Kier molecular flexibility index (Phi) is 6.21. The van der Waals surface area contributed by atoms with E-state index in [1.165, 1.54) is 0 Å². The molecule has 7 nitrogen and oxygen atoms in total. The van der Waals surface area contributed by atoms with Crippen LogP contribution < -0.4 is 4.74 Å². The first kappa shape index (κ1) is 20.9. The third-order valence-corrected chi connectivity index (χ3v) is 6.08. The van der Waals surface area contributed by atoms with Gasteiger partial charge in [0.15, 0.2) is 0 Å². The molecular formula is C24H27N3O4. The average Bonchev–Trinajstić information content (AvgIpc) is 3.18. The summed E-state index contributed by atoms with van der Waals surface area (Å²) in [6, 6.07) is 15.4. The monoisotopic (exact) mass is 421 g/mol. The number of fused-ring (bicyclic) bond motifs is 1. The molecule has 2 atom stereocenters. The highest BCUT2D eigenvalue weighted by molar-refractivity contribution is 5.81. The zero-order valence-corrected chi connectivity index (χ0v) is 17.6. The smallest absolute Gasteiger partial charge is 0.303 e. The standard InChI is InChI=1S/C24H27N3O4/c1-31-20-9-5-8-19-24(20)26-21(25-19)13-18-15-27(11-10-17(18)14-23(29)30)22(28)12-16-6-3-2-4-7-16/h2-9,17-18H,10-15H2,1H3,(H,25,26)(H,29,30)/t17-,18-/m0/s1. The number of hydrogen-bond acceptors (Lipinski definition) is 4. The zero-order chi connectivity index (χ0) is 21.8. The minimum atomic E-state index is -0.801. The molecule has 1 fully saturated rings. The zero-order valence-electron chi connectivity index (χ0n) is 17.6. The van der Waals surface area contributed by atoms with Gasteiger partial charge in [0.25, 0.3) is 0 Å². The molecule has 1 saturated heterocycles. The number of carbonyl (C=O) groups is 2. The van der Waals surface area contributed by atoms with Crippen LogP contribution in [0.15, 0.2) is 48.5 Å². The van der Waals surface area contributed by atoms with Crippen molar-refractivity contribution in [2.75, 3.05) is 20.2 Å². The summed E-state index contributed by atoms with van der Waals surface area (Å²) in [5, 5.41) is 9.38. The lowest BCUT2D eigenvalue weighted by Crippen LogP contribution is -2.45. The van der Waals surface area contributed by atoms with Gasteiger partial charge in [-0.1, -0.05) is 36.4 Å². The van der Waals surface area contributed by atoms with E-state index in [0.29, 0.717) is 38.1 Å². The highest BCUT2D eigenvalue weighted by Gasteiger charge is 2.33. The van der Waals surface area contributed by atoms with Crippen LogP contribution in [0.3, 0.4) is 0 Å². The summed E-state index contributed by atoms with van der Waals surface area (Å²) in [6.07, 6.45) is 1.74. The summed E-state index contributed by atoms with van der Waals surface area (Å²) in [4.78, 5) is 34.2. The van der Waals surface area contributed by atoms with Gasteiger partial charge in [-0.2, -0.15) is 0 Å². The number of ether oxygens (including phenoxy) is 1. The van der Waals surface area contributed by atoms with Crippen molar-refractivity contribution in [2.24, 2.45) is 11.8 Å². The second-order valence-corrected chi connectivity index (χ2v) is 8.15. The molecule has 0 aliphatic carbocycles. The van der Waals surface area contributed by atoms with Crippen LogP contribution in [0.2, 0.25) is 0 Å². The molecule has 1 aliphatic rings. The average molecular weight is 421 g/mol. The molecule has 0 saturated carbocycles. The Balaban J connectivity index is 1.51. The number of rotatable bonds is 7. The Morgan fingerprint density at radius 3 is 2.71 bits per heavy atom. The van der Waals surface area contributed by atoms with Crippen LogP contribution in [-0.4, -0.2) is 52.1 Å². The number of carboxylic acid groups (broad SMARTS) is 1. The van der Waals surface area contributed by atoms with E-state index in [2.05, 4.69) is 4.98 Å². The van der Waals surface area contributed by atoms with Crippen molar-refractivity contribution in [1.29, 1.82) is 0 Å². The van der Waals surface area contributed by atoms with Crippen molar-refractivity contribution in [1.82, 2.24) is 14.9 Å². The Morgan fingerprint density at radius 1 is 1.16 bits per heavy atom. The lowest BCUT2D eigenvalue weighted by atomic mass is 9.81. The van der Waals surface area contributed by atoms with Gasteiger partial charge in [0, 0.05) is 25.9 Å². The molecule has 1 aromatic heterocycles. The minimum Gasteiger partial charge on any atom is -0.494 e. The number of benzene rings is 2. The van der Waals surface area contributed by atoms with Crippen molar-refractivity contribution in [2.45, 2.75) is 25.7 Å². The van der Waals surface area contributed by atoms with Crippen LogP contribution in [0.1, 0.15) is 24.2 Å². The number of nitrogens with one attached hydrogen (secondary N) is 1. The number of aromatic amines is 1. The Hall–Kier alpha value is -3.35. The molecule has 2 heterocycles. The van der Waals surface area contributed by atoms with Crippen LogP contribution in [-0.2, 0) is 22.4 Å². The summed E-state index contributed by atoms with van der Waals surface area (Å²) < 4.78 is 5.40. The lowest BCUT2D eigenvalue weighted by Gasteiger charge is -2.38. The van der Waals surface area contributed by atoms with Gasteiger partial charge in [-0.15, -0.1) is 0 Å². The first-order valence-corrected chi connectivity index (χ1v) is 10.6. The predicted molar refractivity (Wildman–Crippen MR) is 117 cm³/mol. The van der Waals surface area contributed by atoms with Gasteiger partial charge in [0.2, 0.25) is 5.91 Å². The van der Waals surface area contributed by atoms with E-state index in [-0.39, 0.29) is 24.2 Å². The van der Waals surface area contributed by atoms with Crippen LogP contribution in [0.25, 0.3) is 11.0 Å². The molecule has 0 radical (unpaired) electrons. The summed E-state index contributed by atoms with van der Waals surface area (Å²) in [7, 11) is 1.61. The fraction of sp³-hybridized carbons (Fsp3) is 0.375. The summed E-state index contributed by atoms with van der Waals surface area (Å²) >= 11 is 0. The fourth-order valence-corrected chi connectivity index (χ4v) is 4.48. The fourth-order valence-electron chi connectivity index (χ4n) is 4.48. The maximum absolute atomic E-state index is 12.9. The molecular weight excluding hydrogens is 394 g/mol. The number of carboxylic acids is 1. The van der Waals surface area contributed by atoms with E-state index in [1.54, 1.807) is 7.11 Å². The van der Waals surface area contributed by atoms with Crippen molar-refractivity contribution in [3.05, 3.63) is 59.9 Å². The van der Waals surface area contributed by atoms with Gasteiger partial charge in [-0.25, -0.2) is 4.98 Å². The maximum Gasteiger partial charge on any atom is 0.303 e. The quantitative estimate of drug-likeness (QED) is 0.610. The van der Waals surface area contributed by atoms with Crippen molar-refractivity contribution >= 4 is 22.9 Å². The number of carbonyl (C=O) groups excluding carboxylic acids is 1. The van der Waals surface area contributed by atoms with Gasteiger partial charge in [-0.3, -0.25) is 9.59 Å². The number of likely N-dealkylation sites (tertiary alicyclic amines) is 1. The summed E-state index contributed by atoms with van der Waals surface area (Å²) in [6.45, 7) is 1.13. The number of aliphatic carboxylic acids is 1. The number of para-hydroxylation sites is 1.